The molecule has 0 spiro atoms. The maximum absolute atomic E-state index is 5.14. The summed E-state index contributed by atoms with van der Waals surface area (Å²) in [6, 6.07) is 2.52. The van der Waals surface area contributed by atoms with E-state index < -0.39 is 0 Å². The van der Waals surface area contributed by atoms with Gasteiger partial charge in [0.15, 0.2) is 0 Å². The van der Waals surface area contributed by atoms with E-state index in [1.54, 1.807) is 6.26 Å². The quantitative estimate of drug-likeness (QED) is 0.739. The Labute approximate surface area is 93.1 Å². The zero-order chi connectivity index (χ0) is 11.1. The second-order valence-corrected chi connectivity index (χ2v) is 4.30. The Morgan fingerprint density at radius 3 is 2.73 bits per heavy atom. The molecule has 1 aromatic rings. The summed E-state index contributed by atoms with van der Waals surface area (Å²) in [5, 5.41) is 3.51. The van der Waals surface area contributed by atoms with Crippen molar-refractivity contribution in [2.75, 3.05) is 6.54 Å². The summed E-state index contributed by atoms with van der Waals surface area (Å²) in [6.45, 7) is 7.73. The third-order valence-corrected chi connectivity index (χ3v) is 2.82. The molecule has 2 nitrogen and oxygen atoms in total. The van der Waals surface area contributed by atoms with Crippen LogP contribution in [0.5, 0.6) is 0 Å². The van der Waals surface area contributed by atoms with Crippen LogP contribution in [0.15, 0.2) is 23.0 Å². The smallest absolute Gasteiger partial charge is 0.0950 e. The predicted molar refractivity (Wildman–Crippen MR) is 63.8 cm³/mol. The van der Waals surface area contributed by atoms with Gasteiger partial charge in [-0.3, -0.25) is 0 Å². The lowest BCUT2D eigenvalue weighted by Crippen LogP contribution is -2.22. The van der Waals surface area contributed by atoms with Crippen LogP contribution in [0.4, 0.5) is 0 Å². The standard InChI is InChI=1S/C13H23NO/c1-4-6-11(3)9-13(14-5-2)12-7-8-15-10-12/h7-8,10-11,13-14H,4-6,9H2,1-3H3. The minimum Gasteiger partial charge on any atom is -0.472 e. The number of hydrogen-bond donors (Lipinski definition) is 1. The van der Waals surface area contributed by atoms with Crippen molar-refractivity contribution in [3.05, 3.63) is 24.2 Å². The van der Waals surface area contributed by atoms with Gasteiger partial charge in [-0.25, -0.2) is 0 Å². The molecule has 1 rings (SSSR count). The molecule has 0 radical (unpaired) electrons. The number of nitrogens with one attached hydrogen (secondary N) is 1. The number of hydrogen-bond acceptors (Lipinski definition) is 2. The van der Waals surface area contributed by atoms with Crippen molar-refractivity contribution in [3.8, 4) is 0 Å². The Balaban J connectivity index is 2.51. The van der Waals surface area contributed by atoms with Gasteiger partial charge in [-0.1, -0.05) is 33.6 Å². The summed E-state index contributed by atoms with van der Waals surface area (Å²) in [6.07, 6.45) is 7.38. The molecule has 0 fully saturated rings. The highest BCUT2D eigenvalue weighted by atomic mass is 16.3. The van der Waals surface area contributed by atoms with E-state index in [1.807, 2.05) is 6.26 Å². The Kier molecular flexibility index (Phi) is 5.48. The van der Waals surface area contributed by atoms with Crippen LogP contribution in [-0.4, -0.2) is 6.54 Å². The Morgan fingerprint density at radius 1 is 1.40 bits per heavy atom. The highest BCUT2D eigenvalue weighted by Crippen LogP contribution is 2.23. The van der Waals surface area contributed by atoms with Crippen LogP contribution in [-0.2, 0) is 0 Å². The van der Waals surface area contributed by atoms with Gasteiger partial charge in [0.05, 0.1) is 12.5 Å². The highest BCUT2D eigenvalue weighted by molar-refractivity contribution is 5.11. The van der Waals surface area contributed by atoms with E-state index in [1.165, 1.54) is 24.8 Å². The fourth-order valence-electron chi connectivity index (χ4n) is 2.07. The summed E-state index contributed by atoms with van der Waals surface area (Å²) in [5.74, 6) is 0.772. The van der Waals surface area contributed by atoms with Crippen LogP contribution in [0.1, 0.15) is 51.6 Å². The first-order valence-corrected chi connectivity index (χ1v) is 6.03. The van der Waals surface area contributed by atoms with Crippen molar-refractivity contribution in [1.29, 1.82) is 0 Å². The molecule has 0 aliphatic rings. The van der Waals surface area contributed by atoms with Gasteiger partial charge >= 0.3 is 0 Å². The molecule has 0 aliphatic carbocycles. The first-order chi connectivity index (χ1) is 7.27. The molecule has 0 aliphatic heterocycles. The summed E-state index contributed by atoms with van der Waals surface area (Å²) in [5.41, 5.74) is 1.28. The van der Waals surface area contributed by atoms with Gasteiger partial charge in [-0.2, -0.15) is 0 Å². The largest absolute Gasteiger partial charge is 0.472 e. The molecule has 2 atom stereocenters. The van der Waals surface area contributed by atoms with Gasteiger partial charge < -0.3 is 9.73 Å². The van der Waals surface area contributed by atoms with Crippen LogP contribution in [0.25, 0.3) is 0 Å². The van der Waals surface area contributed by atoms with Gasteiger partial charge in [0.25, 0.3) is 0 Å². The average Bonchev–Trinajstić information content (AvgIpc) is 2.70. The lowest BCUT2D eigenvalue weighted by molar-refractivity contribution is 0.393. The van der Waals surface area contributed by atoms with Gasteiger partial charge in [-0.15, -0.1) is 0 Å². The topological polar surface area (TPSA) is 25.2 Å². The van der Waals surface area contributed by atoms with E-state index in [2.05, 4.69) is 32.2 Å². The molecular weight excluding hydrogens is 186 g/mol. The van der Waals surface area contributed by atoms with Crippen LogP contribution in [0, 0.1) is 5.92 Å². The van der Waals surface area contributed by atoms with Crippen molar-refractivity contribution >= 4 is 0 Å². The maximum Gasteiger partial charge on any atom is 0.0950 e. The summed E-state index contributed by atoms with van der Waals surface area (Å²) >= 11 is 0. The lowest BCUT2D eigenvalue weighted by atomic mass is 9.94. The maximum atomic E-state index is 5.14. The van der Waals surface area contributed by atoms with Crippen molar-refractivity contribution in [3.63, 3.8) is 0 Å². The van der Waals surface area contributed by atoms with Crippen LogP contribution in [0.3, 0.4) is 0 Å². The van der Waals surface area contributed by atoms with Crippen molar-refractivity contribution < 1.29 is 4.42 Å². The summed E-state index contributed by atoms with van der Waals surface area (Å²) in [4.78, 5) is 0. The van der Waals surface area contributed by atoms with Gasteiger partial charge in [0, 0.05) is 11.6 Å². The monoisotopic (exact) mass is 209 g/mol. The lowest BCUT2D eigenvalue weighted by Gasteiger charge is -2.20. The van der Waals surface area contributed by atoms with Crippen molar-refractivity contribution in [2.24, 2.45) is 5.92 Å². The van der Waals surface area contributed by atoms with E-state index in [0.29, 0.717) is 6.04 Å². The molecule has 0 saturated heterocycles. The minimum atomic E-state index is 0.454. The van der Waals surface area contributed by atoms with Crippen LogP contribution in [0.2, 0.25) is 0 Å². The highest BCUT2D eigenvalue weighted by Gasteiger charge is 2.14. The molecule has 86 valence electrons. The van der Waals surface area contributed by atoms with E-state index in [9.17, 15) is 0 Å². The Hall–Kier alpha value is -0.760. The molecule has 0 aromatic carbocycles. The summed E-state index contributed by atoms with van der Waals surface area (Å²) < 4.78 is 5.14. The molecule has 1 heterocycles. The molecule has 0 saturated carbocycles. The molecule has 2 heteroatoms. The average molecular weight is 209 g/mol. The van der Waals surface area contributed by atoms with E-state index >= 15 is 0 Å². The molecule has 0 bridgehead atoms. The molecular formula is C13H23NO. The fourth-order valence-corrected chi connectivity index (χ4v) is 2.07. The summed E-state index contributed by atoms with van der Waals surface area (Å²) in [7, 11) is 0. The van der Waals surface area contributed by atoms with Crippen LogP contribution < -0.4 is 5.32 Å². The first-order valence-electron chi connectivity index (χ1n) is 6.03. The third-order valence-electron chi connectivity index (χ3n) is 2.82. The van der Waals surface area contributed by atoms with Gasteiger partial charge in [-0.05, 0) is 24.9 Å². The van der Waals surface area contributed by atoms with Crippen molar-refractivity contribution in [1.82, 2.24) is 5.32 Å². The SMILES string of the molecule is CCCC(C)CC(NCC)c1ccoc1. The van der Waals surface area contributed by atoms with E-state index in [0.717, 1.165) is 12.5 Å². The first kappa shape index (κ1) is 12.3. The zero-order valence-corrected chi connectivity index (χ0v) is 10.1. The molecule has 2 unspecified atom stereocenters. The fraction of sp³-hybridized carbons (Fsp3) is 0.692. The number of furan rings is 1. The van der Waals surface area contributed by atoms with Crippen molar-refractivity contribution in [2.45, 2.75) is 46.1 Å². The van der Waals surface area contributed by atoms with Gasteiger partial charge in [0.2, 0.25) is 0 Å². The molecule has 15 heavy (non-hydrogen) atoms. The second-order valence-electron chi connectivity index (χ2n) is 4.30. The zero-order valence-electron chi connectivity index (χ0n) is 10.1. The Bertz CT molecular complexity index is 243. The predicted octanol–water partition coefficient (Wildman–Crippen LogP) is 3.76. The van der Waals surface area contributed by atoms with E-state index in [4.69, 9.17) is 4.42 Å². The molecule has 0 amide bonds. The second kappa shape index (κ2) is 6.67. The minimum absolute atomic E-state index is 0.454. The Morgan fingerprint density at radius 2 is 2.20 bits per heavy atom. The number of rotatable bonds is 7. The molecule has 1 N–H and O–H groups in total. The van der Waals surface area contributed by atoms with E-state index in [-0.39, 0.29) is 0 Å². The van der Waals surface area contributed by atoms with Gasteiger partial charge in [0.1, 0.15) is 0 Å². The molecule has 1 aromatic heterocycles. The van der Waals surface area contributed by atoms with Crippen LogP contribution >= 0.6 is 0 Å². The normalized spacial score (nSPS) is 15.1. The third kappa shape index (κ3) is 4.08.